The fraction of sp³-hybridized carbons (Fsp3) is 0.259. The maximum atomic E-state index is 12.3. The van der Waals surface area contributed by atoms with Crippen LogP contribution in [0, 0.1) is 13.8 Å². The molecule has 6 nitrogen and oxygen atoms in total. The summed E-state index contributed by atoms with van der Waals surface area (Å²) in [6, 6.07) is 19.1. The molecule has 1 saturated heterocycles. The van der Waals surface area contributed by atoms with E-state index in [9.17, 15) is 9.90 Å². The number of aromatic hydroxyl groups is 1. The molecule has 7 heteroatoms. The first-order valence-corrected chi connectivity index (χ1v) is 11.7. The summed E-state index contributed by atoms with van der Waals surface area (Å²) in [5.41, 5.74) is 8.77. The van der Waals surface area contributed by atoms with Crippen molar-refractivity contribution >= 4 is 29.4 Å². The molecule has 34 heavy (non-hydrogen) atoms. The van der Waals surface area contributed by atoms with Gasteiger partial charge in [0, 0.05) is 44.0 Å². The van der Waals surface area contributed by atoms with E-state index in [0.29, 0.717) is 5.56 Å². The number of piperazine rings is 1. The molecule has 3 aromatic rings. The molecule has 1 aliphatic rings. The predicted octanol–water partition coefficient (Wildman–Crippen LogP) is 4.75. The van der Waals surface area contributed by atoms with Crippen LogP contribution in [0.25, 0.3) is 0 Å². The van der Waals surface area contributed by atoms with Gasteiger partial charge in [-0.1, -0.05) is 41.9 Å². The Morgan fingerprint density at radius 3 is 2.35 bits per heavy atom. The van der Waals surface area contributed by atoms with Crippen LogP contribution in [0.15, 0.2) is 65.8 Å². The van der Waals surface area contributed by atoms with Crippen LogP contribution in [0.5, 0.6) is 5.75 Å². The molecule has 0 aliphatic carbocycles. The summed E-state index contributed by atoms with van der Waals surface area (Å²) in [5.74, 6) is -0.457. The molecular formula is C27H29ClN4O2. The van der Waals surface area contributed by atoms with Crippen LogP contribution in [0.3, 0.4) is 0 Å². The highest BCUT2D eigenvalue weighted by atomic mass is 35.5. The third kappa shape index (κ3) is 5.76. The molecule has 3 aromatic carbocycles. The van der Waals surface area contributed by atoms with Crippen LogP contribution in [-0.2, 0) is 6.54 Å². The number of hydrogen-bond acceptors (Lipinski definition) is 5. The zero-order valence-corrected chi connectivity index (χ0v) is 20.2. The van der Waals surface area contributed by atoms with E-state index in [2.05, 4.69) is 76.6 Å². The van der Waals surface area contributed by atoms with E-state index >= 15 is 0 Å². The van der Waals surface area contributed by atoms with E-state index in [1.807, 2.05) is 0 Å². The predicted molar refractivity (Wildman–Crippen MR) is 138 cm³/mol. The molecule has 0 aromatic heterocycles. The number of aryl methyl sites for hydroxylation is 2. The molecule has 0 radical (unpaired) electrons. The number of anilines is 1. The summed E-state index contributed by atoms with van der Waals surface area (Å²) in [6.45, 7) is 9.28. The molecule has 1 fully saturated rings. The fourth-order valence-electron chi connectivity index (χ4n) is 4.41. The van der Waals surface area contributed by atoms with Gasteiger partial charge in [0.15, 0.2) is 0 Å². The van der Waals surface area contributed by atoms with Crippen molar-refractivity contribution in [3.05, 3.63) is 93.5 Å². The Labute approximate surface area is 205 Å². The zero-order valence-electron chi connectivity index (χ0n) is 19.5. The molecule has 1 amide bonds. The number of hydrogen-bond donors (Lipinski definition) is 2. The van der Waals surface area contributed by atoms with Crippen LogP contribution in [-0.4, -0.2) is 48.3 Å². The highest BCUT2D eigenvalue weighted by molar-refractivity contribution is 6.32. The molecular weight excluding hydrogens is 448 g/mol. The number of rotatable bonds is 6. The molecule has 1 aliphatic heterocycles. The average molecular weight is 477 g/mol. The van der Waals surface area contributed by atoms with Crippen molar-refractivity contribution in [1.82, 2.24) is 10.3 Å². The maximum Gasteiger partial charge on any atom is 0.271 e. The van der Waals surface area contributed by atoms with Gasteiger partial charge in [0.05, 0.1) is 11.2 Å². The van der Waals surface area contributed by atoms with Gasteiger partial charge in [-0.2, -0.15) is 5.10 Å². The van der Waals surface area contributed by atoms with Crippen molar-refractivity contribution in [2.45, 2.75) is 20.4 Å². The number of phenols is 1. The molecule has 176 valence electrons. The van der Waals surface area contributed by atoms with Crippen molar-refractivity contribution in [2.24, 2.45) is 5.10 Å². The molecule has 0 saturated carbocycles. The quantitative estimate of drug-likeness (QED) is 0.398. The second-order valence-electron chi connectivity index (χ2n) is 8.62. The largest absolute Gasteiger partial charge is 0.506 e. The lowest BCUT2D eigenvalue weighted by Crippen LogP contribution is -2.46. The minimum atomic E-state index is -0.392. The average Bonchev–Trinajstić information content (AvgIpc) is 2.82. The molecule has 4 rings (SSSR count). The molecule has 1 heterocycles. The monoisotopic (exact) mass is 476 g/mol. The third-order valence-electron chi connectivity index (χ3n) is 6.04. The van der Waals surface area contributed by atoms with Gasteiger partial charge in [-0.15, -0.1) is 0 Å². The lowest BCUT2D eigenvalue weighted by Gasteiger charge is -2.37. The van der Waals surface area contributed by atoms with Gasteiger partial charge in [-0.05, 0) is 66.4 Å². The number of benzene rings is 3. The smallest absolute Gasteiger partial charge is 0.271 e. The summed E-state index contributed by atoms with van der Waals surface area (Å²) in [5, 5.41) is 13.7. The standard InChI is InChI=1S/C27H29ClN4O2/c1-19-14-22(17-29-30-27(34)23-8-9-25(33)24(28)16-23)15-20(2)26(19)32-12-10-31(11-13-32)18-21-6-4-3-5-7-21/h3-9,14-17,33H,10-13,18H2,1-2H3,(H,30,34)/b29-17+. The molecule has 0 atom stereocenters. The topological polar surface area (TPSA) is 68.2 Å². The first kappa shape index (κ1) is 23.8. The number of carbonyl (C=O) groups excluding carboxylic acids is 1. The summed E-state index contributed by atoms with van der Waals surface area (Å²) in [6.07, 6.45) is 1.64. The lowest BCUT2D eigenvalue weighted by atomic mass is 10.0. The van der Waals surface area contributed by atoms with Crippen LogP contribution in [0.4, 0.5) is 5.69 Å². The Balaban J connectivity index is 1.36. The number of nitrogens with one attached hydrogen (secondary N) is 1. The van der Waals surface area contributed by atoms with Crippen molar-refractivity contribution in [1.29, 1.82) is 0 Å². The van der Waals surface area contributed by atoms with Gasteiger partial charge in [0.25, 0.3) is 5.91 Å². The summed E-state index contributed by atoms with van der Waals surface area (Å²) in [4.78, 5) is 17.2. The van der Waals surface area contributed by atoms with E-state index in [0.717, 1.165) is 38.3 Å². The van der Waals surface area contributed by atoms with Crippen LogP contribution in [0.2, 0.25) is 5.02 Å². The lowest BCUT2D eigenvalue weighted by molar-refractivity contribution is 0.0955. The van der Waals surface area contributed by atoms with E-state index < -0.39 is 5.91 Å². The molecule has 0 spiro atoms. The first-order chi connectivity index (χ1) is 16.4. The van der Waals surface area contributed by atoms with Gasteiger partial charge >= 0.3 is 0 Å². The van der Waals surface area contributed by atoms with Crippen molar-refractivity contribution in [3.63, 3.8) is 0 Å². The second-order valence-corrected chi connectivity index (χ2v) is 9.02. The Bertz CT molecular complexity index is 1170. The van der Waals surface area contributed by atoms with Gasteiger partial charge in [-0.3, -0.25) is 9.69 Å². The summed E-state index contributed by atoms with van der Waals surface area (Å²) >= 11 is 5.87. The Morgan fingerprint density at radius 2 is 1.71 bits per heavy atom. The number of carbonyl (C=O) groups is 1. The SMILES string of the molecule is Cc1cc(/C=N/NC(=O)c2ccc(O)c(Cl)c2)cc(C)c1N1CCN(Cc2ccccc2)CC1. The number of halogens is 1. The minimum Gasteiger partial charge on any atom is -0.506 e. The van der Waals surface area contributed by atoms with E-state index in [4.69, 9.17) is 11.6 Å². The van der Waals surface area contributed by atoms with Crippen LogP contribution >= 0.6 is 11.6 Å². The normalized spacial score (nSPS) is 14.5. The van der Waals surface area contributed by atoms with Crippen LogP contribution < -0.4 is 10.3 Å². The number of nitrogens with zero attached hydrogens (tertiary/aromatic N) is 3. The highest BCUT2D eigenvalue weighted by Gasteiger charge is 2.20. The van der Waals surface area contributed by atoms with E-state index in [-0.39, 0.29) is 10.8 Å². The van der Waals surface area contributed by atoms with Crippen molar-refractivity contribution in [3.8, 4) is 5.75 Å². The zero-order chi connectivity index (χ0) is 24.1. The van der Waals surface area contributed by atoms with Crippen molar-refractivity contribution < 1.29 is 9.90 Å². The molecule has 0 unspecified atom stereocenters. The minimum absolute atomic E-state index is 0.0645. The van der Waals surface area contributed by atoms with Crippen molar-refractivity contribution in [2.75, 3.05) is 31.1 Å². The molecule has 2 N–H and O–H groups in total. The summed E-state index contributed by atoms with van der Waals surface area (Å²) < 4.78 is 0. The van der Waals surface area contributed by atoms with E-state index in [1.54, 1.807) is 6.21 Å². The number of phenolic OH excluding ortho intramolecular Hbond substituents is 1. The van der Waals surface area contributed by atoms with Gasteiger partial charge in [-0.25, -0.2) is 5.43 Å². The molecule has 0 bridgehead atoms. The maximum absolute atomic E-state index is 12.3. The third-order valence-corrected chi connectivity index (χ3v) is 6.34. The van der Waals surface area contributed by atoms with Gasteiger partial charge in [0.1, 0.15) is 5.75 Å². The van der Waals surface area contributed by atoms with Crippen LogP contribution in [0.1, 0.15) is 32.6 Å². The number of amides is 1. The fourth-order valence-corrected chi connectivity index (χ4v) is 4.59. The van der Waals surface area contributed by atoms with Gasteiger partial charge < -0.3 is 10.0 Å². The number of hydrazone groups is 1. The van der Waals surface area contributed by atoms with E-state index in [1.165, 1.54) is 40.6 Å². The Morgan fingerprint density at radius 1 is 1.03 bits per heavy atom. The summed E-state index contributed by atoms with van der Waals surface area (Å²) in [7, 11) is 0. The second kappa shape index (κ2) is 10.7. The Kier molecular flexibility index (Phi) is 7.50. The Hall–Kier alpha value is -3.35. The van der Waals surface area contributed by atoms with Gasteiger partial charge in [0.2, 0.25) is 0 Å². The highest BCUT2D eigenvalue weighted by Crippen LogP contribution is 2.27. The first-order valence-electron chi connectivity index (χ1n) is 11.3.